The van der Waals surface area contributed by atoms with Crippen molar-refractivity contribution in [2.24, 2.45) is 0 Å². The van der Waals surface area contributed by atoms with E-state index in [0.717, 1.165) is 33.7 Å². The molecule has 0 heterocycles. The summed E-state index contributed by atoms with van der Waals surface area (Å²) < 4.78 is 28.8. The van der Waals surface area contributed by atoms with Crippen LogP contribution in [0.2, 0.25) is 0 Å². The van der Waals surface area contributed by atoms with Gasteiger partial charge in [0.05, 0.1) is 18.8 Å². The summed E-state index contributed by atoms with van der Waals surface area (Å²) in [5.41, 5.74) is 2.73. The molecule has 11 heteroatoms. The Hall–Kier alpha value is -1.86. The van der Waals surface area contributed by atoms with Gasteiger partial charge in [-0.3, -0.25) is 9.69 Å². The predicted octanol–water partition coefficient (Wildman–Crippen LogP) is 5.11. The van der Waals surface area contributed by atoms with Gasteiger partial charge in [-0.2, -0.15) is 0 Å². The summed E-state index contributed by atoms with van der Waals surface area (Å²) in [5.74, 6) is -1.82. The highest BCUT2D eigenvalue weighted by Crippen LogP contribution is 2.14. The Bertz CT molecular complexity index is 1200. The molecule has 0 aliphatic heterocycles. The average Bonchev–Trinajstić information content (AvgIpc) is 2.88. The maximum atomic E-state index is 13.9. The zero-order chi connectivity index (χ0) is 28.2. The van der Waals surface area contributed by atoms with E-state index in [4.69, 9.17) is 0 Å². The van der Waals surface area contributed by atoms with Crippen LogP contribution in [-0.4, -0.2) is 59.4 Å². The molecule has 0 aliphatic carbocycles. The summed E-state index contributed by atoms with van der Waals surface area (Å²) in [6.45, 7) is 4.77. The van der Waals surface area contributed by atoms with Crippen molar-refractivity contribution < 1.29 is 23.8 Å². The van der Waals surface area contributed by atoms with Crippen LogP contribution >= 0.6 is 47.4 Å². The van der Waals surface area contributed by atoms with Gasteiger partial charge >= 0.3 is 0 Å². The Morgan fingerprint density at radius 3 is 2.29 bits per heavy atom. The molecule has 4 N–H and O–H groups in total. The van der Waals surface area contributed by atoms with Gasteiger partial charge in [-0.15, -0.1) is 24.8 Å². The lowest BCUT2D eigenvalue weighted by atomic mass is 9.99. The van der Waals surface area contributed by atoms with Gasteiger partial charge in [-0.1, -0.05) is 31.2 Å². The topological polar surface area (TPSA) is 84.8 Å². The summed E-state index contributed by atoms with van der Waals surface area (Å²) in [6, 6.07) is 17.6. The van der Waals surface area contributed by atoms with Crippen molar-refractivity contribution in [3.8, 4) is 0 Å². The van der Waals surface area contributed by atoms with Crippen LogP contribution in [0.15, 0.2) is 66.7 Å². The first-order valence-electron chi connectivity index (χ1n) is 13.1. The van der Waals surface area contributed by atoms with Crippen LogP contribution in [0, 0.1) is 15.2 Å². The van der Waals surface area contributed by atoms with Gasteiger partial charge < -0.3 is 20.8 Å². The second-order valence-electron chi connectivity index (χ2n) is 9.59. The van der Waals surface area contributed by atoms with Crippen LogP contribution < -0.4 is 10.6 Å². The Morgan fingerprint density at radius 1 is 0.951 bits per heavy atom. The van der Waals surface area contributed by atoms with Gasteiger partial charge in [0, 0.05) is 41.4 Å². The number of nitrogens with one attached hydrogen (secondary N) is 2. The van der Waals surface area contributed by atoms with Crippen molar-refractivity contribution >= 4 is 53.3 Å². The molecule has 0 saturated heterocycles. The molecule has 3 rings (SSSR count). The highest BCUT2D eigenvalue weighted by atomic mass is 127. The van der Waals surface area contributed by atoms with Gasteiger partial charge in [0.1, 0.15) is 11.6 Å². The van der Waals surface area contributed by atoms with Crippen molar-refractivity contribution in [1.29, 1.82) is 0 Å². The summed E-state index contributed by atoms with van der Waals surface area (Å²) in [4.78, 5) is 15.4. The molecule has 0 radical (unpaired) electrons. The number of benzene rings is 3. The van der Waals surface area contributed by atoms with Crippen molar-refractivity contribution in [2.75, 3.05) is 26.2 Å². The maximum absolute atomic E-state index is 13.9. The number of nitrogens with zero attached hydrogens (tertiary/aromatic N) is 1. The molecule has 6 nitrogen and oxygen atoms in total. The van der Waals surface area contributed by atoms with Crippen molar-refractivity contribution in [3.63, 3.8) is 0 Å². The molecule has 0 spiro atoms. The predicted molar refractivity (Wildman–Crippen MR) is 172 cm³/mol. The molecule has 3 aromatic rings. The lowest BCUT2D eigenvalue weighted by Crippen LogP contribution is -2.48. The number of aliphatic hydroxyl groups is 2. The molecular weight excluding hydrogens is 686 g/mol. The van der Waals surface area contributed by atoms with E-state index in [-0.39, 0.29) is 50.3 Å². The number of halogens is 5. The molecule has 0 saturated carbocycles. The molecule has 2 atom stereocenters. The highest BCUT2D eigenvalue weighted by molar-refractivity contribution is 14.1. The number of carbonyl (C=O) groups excluding carboxylic acids is 1. The molecule has 0 aromatic heterocycles. The van der Waals surface area contributed by atoms with Crippen LogP contribution in [0.4, 0.5) is 8.78 Å². The molecule has 3 aromatic carbocycles. The summed E-state index contributed by atoms with van der Waals surface area (Å²) in [6.07, 6.45) is -0.0267. The summed E-state index contributed by atoms with van der Waals surface area (Å²) in [5, 5.41) is 26.5. The van der Waals surface area contributed by atoms with E-state index in [1.807, 2.05) is 30.3 Å². The Labute approximate surface area is 266 Å². The number of carbonyl (C=O) groups is 1. The average molecular weight is 724 g/mol. The van der Waals surface area contributed by atoms with Crippen LogP contribution in [0.5, 0.6) is 0 Å². The molecule has 41 heavy (non-hydrogen) atoms. The van der Waals surface area contributed by atoms with Gasteiger partial charge in [0.2, 0.25) is 0 Å². The van der Waals surface area contributed by atoms with E-state index in [2.05, 4.69) is 45.0 Å². The van der Waals surface area contributed by atoms with E-state index in [1.54, 1.807) is 18.2 Å². The molecule has 0 aliphatic rings. The van der Waals surface area contributed by atoms with Crippen LogP contribution in [0.3, 0.4) is 0 Å². The Kier molecular flexibility index (Phi) is 17.5. The summed E-state index contributed by atoms with van der Waals surface area (Å²) >= 11 is 2.23. The van der Waals surface area contributed by atoms with Crippen LogP contribution in [0.25, 0.3) is 0 Å². The van der Waals surface area contributed by atoms with Crippen molar-refractivity contribution in [1.82, 2.24) is 15.5 Å². The molecule has 0 unspecified atom stereocenters. The van der Waals surface area contributed by atoms with Gasteiger partial charge in [-0.05, 0) is 95.1 Å². The van der Waals surface area contributed by atoms with Crippen molar-refractivity contribution in [2.45, 2.75) is 45.0 Å². The van der Waals surface area contributed by atoms with E-state index in [0.29, 0.717) is 30.8 Å². The molecular formula is C30H38Cl2F2IN3O3. The van der Waals surface area contributed by atoms with Crippen molar-refractivity contribution in [3.05, 3.63) is 104 Å². The molecule has 226 valence electrons. The lowest BCUT2D eigenvalue weighted by molar-refractivity contribution is 0.0829. The third kappa shape index (κ3) is 12.9. The number of amides is 1. The zero-order valence-electron chi connectivity index (χ0n) is 22.9. The highest BCUT2D eigenvalue weighted by Gasteiger charge is 2.23. The monoisotopic (exact) mass is 723 g/mol. The van der Waals surface area contributed by atoms with E-state index < -0.39 is 23.8 Å². The third-order valence-electron chi connectivity index (χ3n) is 6.28. The largest absolute Gasteiger partial charge is 0.395 e. The molecule has 0 fully saturated rings. The SMILES string of the molecule is CCCN(CCO)Cc1cccc(C(=O)N[C@@H](Cc2cc(F)cc(F)c2)[C@H](O)CNCc2cccc(I)c2)c1.Cl.Cl. The fourth-order valence-corrected chi connectivity index (χ4v) is 5.08. The van der Waals surface area contributed by atoms with Gasteiger partial charge in [-0.25, -0.2) is 8.78 Å². The maximum Gasteiger partial charge on any atom is 0.251 e. The molecule has 0 bridgehead atoms. The number of hydrogen-bond acceptors (Lipinski definition) is 5. The smallest absolute Gasteiger partial charge is 0.251 e. The van der Waals surface area contributed by atoms with Crippen LogP contribution in [0.1, 0.15) is 40.4 Å². The number of rotatable bonds is 15. The van der Waals surface area contributed by atoms with E-state index in [1.165, 1.54) is 12.1 Å². The molecule has 1 amide bonds. The first kappa shape index (κ1) is 37.2. The fraction of sp³-hybridized carbons (Fsp3) is 0.367. The van der Waals surface area contributed by atoms with Crippen LogP contribution in [-0.2, 0) is 19.5 Å². The lowest BCUT2D eigenvalue weighted by Gasteiger charge is -2.25. The van der Waals surface area contributed by atoms with E-state index in [9.17, 15) is 23.8 Å². The van der Waals surface area contributed by atoms with Gasteiger partial charge in [0.15, 0.2) is 0 Å². The Morgan fingerprint density at radius 2 is 1.63 bits per heavy atom. The second-order valence-corrected chi connectivity index (χ2v) is 10.8. The minimum absolute atomic E-state index is 0. The third-order valence-corrected chi connectivity index (χ3v) is 6.95. The quantitative estimate of drug-likeness (QED) is 0.164. The second kappa shape index (κ2) is 19.4. The Balaban J connectivity index is 0.00000420. The van der Waals surface area contributed by atoms with E-state index >= 15 is 0 Å². The van der Waals surface area contributed by atoms with Gasteiger partial charge in [0.25, 0.3) is 5.91 Å². The normalized spacial score (nSPS) is 12.3. The zero-order valence-corrected chi connectivity index (χ0v) is 26.7. The number of aliphatic hydroxyl groups excluding tert-OH is 2. The fourth-order valence-electron chi connectivity index (χ4n) is 4.47. The summed E-state index contributed by atoms with van der Waals surface area (Å²) in [7, 11) is 0. The minimum Gasteiger partial charge on any atom is -0.395 e. The standard InChI is InChI=1S/C30H36F2IN3O3.2ClH/c1-2-9-36(10-11-37)20-22-6-3-7-24(12-22)30(39)35-28(16-23-13-25(31)17-26(32)14-23)29(38)19-34-18-21-5-4-8-27(33)15-21;;/h3-8,12-15,17,28-29,34,37-38H,2,9-11,16,18-20H2,1H3,(H,35,39);2*1H/t28-,29+;;/m0../s1. The first-order chi connectivity index (χ1) is 18.8. The minimum atomic E-state index is -1.02. The first-order valence-corrected chi connectivity index (χ1v) is 14.2. The number of hydrogen-bond donors (Lipinski definition) is 4.